The van der Waals surface area contributed by atoms with Crippen LogP contribution in [0.4, 0.5) is 4.39 Å². The number of amides is 1. The Labute approximate surface area is 146 Å². The number of carbonyl (C=O) groups excluding carboxylic acids is 1. The van der Waals surface area contributed by atoms with Gasteiger partial charge in [0.15, 0.2) is 0 Å². The van der Waals surface area contributed by atoms with Gasteiger partial charge in [0.1, 0.15) is 23.1 Å². The van der Waals surface area contributed by atoms with Gasteiger partial charge in [-0.2, -0.15) is 0 Å². The number of ether oxygens (including phenoxy) is 1. The maximum atomic E-state index is 13.9. The van der Waals surface area contributed by atoms with E-state index in [4.69, 9.17) is 4.74 Å². The first-order valence-electron chi connectivity index (χ1n) is 8.04. The monoisotopic (exact) mass is 338 g/mol. The summed E-state index contributed by atoms with van der Waals surface area (Å²) in [5.41, 5.74) is 2.41. The largest absolute Gasteiger partial charge is 0.496 e. The molecule has 1 aliphatic rings. The van der Waals surface area contributed by atoms with Gasteiger partial charge in [-0.1, -0.05) is 32.0 Å². The number of amidine groups is 1. The van der Waals surface area contributed by atoms with Gasteiger partial charge in [-0.25, -0.2) is 9.38 Å². The first-order chi connectivity index (χ1) is 12.0. The molecule has 0 atom stereocenters. The predicted octanol–water partition coefficient (Wildman–Crippen LogP) is 3.88. The van der Waals surface area contributed by atoms with E-state index < -0.39 is 5.82 Å². The minimum absolute atomic E-state index is 0.229. The first-order valence-corrected chi connectivity index (χ1v) is 8.04. The molecule has 0 saturated heterocycles. The van der Waals surface area contributed by atoms with Gasteiger partial charge in [0, 0.05) is 0 Å². The van der Waals surface area contributed by atoms with E-state index in [1.54, 1.807) is 31.4 Å². The van der Waals surface area contributed by atoms with Gasteiger partial charge in [-0.3, -0.25) is 4.79 Å². The molecule has 0 fully saturated rings. The number of hydrogen-bond donors (Lipinski definition) is 1. The standard InChI is InChI=1S/C20H19FN2O2/c1-12(2)15-10-13(8-9-18(15)25-3)11-17-20(24)23-19(22-17)14-6-4-5-7-16(14)21/h4-12H,1-3H3,(H,22,23,24)/b17-11+. The van der Waals surface area contributed by atoms with Gasteiger partial charge in [0.25, 0.3) is 5.91 Å². The molecule has 0 aromatic heterocycles. The summed E-state index contributed by atoms with van der Waals surface area (Å²) in [5.74, 6) is 0.549. The number of rotatable bonds is 4. The van der Waals surface area contributed by atoms with Crippen LogP contribution in [0.5, 0.6) is 5.75 Å². The van der Waals surface area contributed by atoms with Crippen LogP contribution in [0.15, 0.2) is 53.2 Å². The number of nitrogens with one attached hydrogen (secondary N) is 1. The third kappa shape index (κ3) is 3.45. The lowest BCUT2D eigenvalue weighted by molar-refractivity contribution is -0.115. The summed E-state index contributed by atoms with van der Waals surface area (Å²) in [6.07, 6.45) is 1.69. The zero-order valence-electron chi connectivity index (χ0n) is 14.3. The quantitative estimate of drug-likeness (QED) is 0.860. The van der Waals surface area contributed by atoms with E-state index in [9.17, 15) is 9.18 Å². The summed E-state index contributed by atoms with van der Waals surface area (Å²) in [6.45, 7) is 4.15. The molecule has 0 aliphatic carbocycles. The Balaban J connectivity index is 1.97. The van der Waals surface area contributed by atoms with Crippen molar-refractivity contribution in [3.63, 3.8) is 0 Å². The molecule has 1 amide bonds. The minimum Gasteiger partial charge on any atom is -0.496 e. The van der Waals surface area contributed by atoms with E-state index in [0.29, 0.717) is 0 Å². The Hall–Kier alpha value is -2.95. The summed E-state index contributed by atoms with van der Waals surface area (Å²) in [6, 6.07) is 11.9. The van der Waals surface area contributed by atoms with Gasteiger partial charge in [-0.05, 0) is 47.4 Å². The second kappa shape index (κ2) is 6.89. The Bertz CT molecular complexity index is 885. The molecule has 0 spiro atoms. The van der Waals surface area contributed by atoms with Gasteiger partial charge in [0.05, 0.1) is 12.7 Å². The molecule has 4 nitrogen and oxygen atoms in total. The van der Waals surface area contributed by atoms with Gasteiger partial charge in [-0.15, -0.1) is 0 Å². The number of halogens is 1. The van der Waals surface area contributed by atoms with Crippen LogP contribution in [-0.2, 0) is 4.79 Å². The highest BCUT2D eigenvalue weighted by Crippen LogP contribution is 2.28. The fourth-order valence-corrected chi connectivity index (χ4v) is 2.70. The molecule has 0 saturated carbocycles. The summed E-state index contributed by atoms with van der Waals surface area (Å²) < 4.78 is 19.3. The molecule has 1 heterocycles. The molecule has 5 heteroatoms. The fraction of sp³-hybridized carbons (Fsp3) is 0.200. The lowest BCUT2D eigenvalue weighted by Crippen LogP contribution is -2.25. The number of carbonyl (C=O) groups is 1. The van der Waals surface area contributed by atoms with E-state index in [1.807, 2.05) is 18.2 Å². The van der Waals surface area contributed by atoms with Crippen molar-refractivity contribution in [3.05, 3.63) is 70.7 Å². The third-order valence-corrected chi connectivity index (χ3v) is 4.00. The molecule has 3 rings (SSSR count). The Kier molecular flexibility index (Phi) is 4.65. The normalized spacial score (nSPS) is 15.5. The average molecular weight is 338 g/mol. The molecule has 2 aromatic rings. The molecule has 128 valence electrons. The SMILES string of the molecule is COc1ccc(/C=C2/N=C(c3ccccc3F)NC2=O)cc1C(C)C. The summed E-state index contributed by atoms with van der Waals surface area (Å²) in [4.78, 5) is 16.4. The molecular formula is C20H19FN2O2. The number of methoxy groups -OCH3 is 1. The molecule has 1 N–H and O–H groups in total. The maximum Gasteiger partial charge on any atom is 0.275 e. The zero-order chi connectivity index (χ0) is 18.0. The average Bonchev–Trinajstić information content (AvgIpc) is 2.95. The summed E-state index contributed by atoms with van der Waals surface area (Å²) in [7, 11) is 1.63. The van der Waals surface area contributed by atoms with Crippen LogP contribution in [0, 0.1) is 5.82 Å². The van der Waals surface area contributed by atoms with Gasteiger partial charge < -0.3 is 10.1 Å². The second-order valence-corrected chi connectivity index (χ2v) is 6.08. The number of benzene rings is 2. The van der Waals surface area contributed by atoms with E-state index in [2.05, 4.69) is 24.2 Å². The Morgan fingerprint density at radius 1 is 1.20 bits per heavy atom. The van der Waals surface area contributed by atoms with E-state index in [-0.39, 0.29) is 28.9 Å². The van der Waals surface area contributed by atoms with E-state index >= 15 is 0 Å². The van der Waals surface area contributed by atoms with Gasteiger partial charge in [0.2, 0.25) is 0 Å². The number of nitrogens with zero attached hydrogens (tertiary/aromatic N) is 1. The molecule has 0 unspecified atom stereocenters. The topological polar surface area (TPSA) is 50.7 Å². The van der Waals surface area contributed by atoms with Crippen molar-refractivity contribution in [2.24, 2.45) is 4.99 Å². The van der Waals surface area contributed by atoms with Crippen LogP contribution in [0.1, 0.15) is 36.5 Å². The van der Waals surface area contributed by atoms with Crippen LogP contribution in [-0.4, -0.2) is 18.9 Å². The molecule has 1 aliphatic heterocycles. The van der Waals surface area contributed by atoms with Crippen LogP contribution in [0.25, 0.3) is 6.08 Å². The van der Waals surface area contributed by atoms with Crippen molar-refractivity contribution < 1.29 is 13.9 Å². The molecule has 25 heavy (non-hydrogen) atoms. The van der Waals surface area contributed by atoms with Crippen LogP contribution >= 0.6 is 0 Å². The van der Waals surface area contributed by atoms with Crippen LogP contribution in [0.2, 0.25) is 0 Å². The number of aliphatic imine (C=N–C) groups is 1. The van der Waals surface area contributed by atoms with E-state index in [0.717, 1.165) is 16.9 Å². The number of hydrogen-bond acceptors (Lipinski definition) is 3. The zero-order valence-corrected chi connectivity index (χ0v) is 14.3. The highest BCUT2D eigenvalue weighted by atomic mass is 19.1. The van der Waals surface area contributed by atoms with Gasteiger partial charge >= 0.3 is 0 Å². The third-order valence-electron chi connectivity index (χ3n) is 4.00. The fourth-order valence-electron chi connectivity index (χ4n) is 2.70. The van der Waals surface area contributed by atoms with Crippen LogP contribution in [0.3, 0.4) is 0 Å². The van der Waals surface area contributed by atoms with Crippen molar-refractivity contribution in [2.45, 2.75) is 19.8 Å². The highest BCUT2D eigenvalue weighted by Gasteiger charge is 2.23. The van der Waals surface area contributed by atoms with Crippen LogP contribution < -0.4 is 10.1 Å². The van der Waals surface area contributed by atoms with Crippen molar-refractivity contribution in [1.29, 1.82) is 0 Å². The van der Waals surface area contributed by atoms with Crippen molar-refractivity contribution >= 4 is 17.8 Å². The molecule has 2 aromatic carbocycles. The maximum absolute atomic E-state index is 13.9. The molecule has 0 bridgehead atoms. The summed E-state index contributed by atoms with van der Waals surface area (Å²) >= 11 is 0. The second-order valence-electron chi connectivity index (χ2n) is 6.08. The minimum atomic E-state index is -0.422. The smallest absolute Gasteiger partial charge is 0.275 e. The lowest BCUT2D eigenvalue weighted by Gasteiger charge is -2.12. The predicted molar refractivity (Wildman–Crippen MR) is 96.1 cm³/mol. The van der Waals surface area contributed by atoms with Crippen molar-refractivity contribution in [1.82, 2.24) is 5.32 Å². The first kappa shape index (κ1) is 16.9. The Morgan fingerprint density at radius 3 is 2.64 bits per heavy atom. The van der Waals surface area contributed by atoms with Crippen molar-refractivity contribution in [2.75, 3.05) is 7.11 Å². The lowest BCUT2D eigenvalue weighted by atomic mass is 9.99. The Morgan fingerprint density at radius 2 is 1.96 bits per heavy atom. The molecule has 0 radical (unpaired) electrons. The van der Waals surface area contributed by atoms with Crippen molar-refractivity contribution in [3.8, 4) is 5.75 Å². The highest BCUT2D eigenvalue weighted by molar-refractivity contribution is 6.19. The molecular weight excluding hydrogens is 319 g/mol. The summed E-state index contributed by atoms with van der Waals surface area (Å²) in [5, 5.41) is 2.62. The van der Waals surface area contributed by atoms with E-state index in [1.165, 1.54) is 6.07 Å².